The monoisotopic (exact) mass is 179 g/mol. The molecule has 0 fully saturated rings. The Hall–Kier alpha value is -1.18. The molecule has 0 aromatic heterocycles. The highest BCUT2D eigenvalue weighted by Gasteiger charge is 2.01. The Bertz CT molecular complexity index is 279. The number of nitrogens with zero attached hydrogens (tertiary/aromatic N) is 1. The van der Waals surface area contributed by atoms with Gasteiger partial charge in [-0.1, -0.05) is 30.3 Å². The zero-order chi connectivity index (χ0) is 9.68. The maximum absolute atomic E-state index is 12.1. The fraction of sp³-hybridized carbons (Fsp3) is 0.364. The molecule has 1 aromatic carbocycles. The van der Waals surface area contributed by atoms with Crippen molar-refractivity contribution in [2.75, 3.05) is 6.67 Å². The van der Waals surface area contributed by atoms with E-state index in [2.05, 4.69) is 4.99 Å². The Morgan fingerprint density at radius 3 is 2.54 bits per heavy atom. The molecule has 0 saturated heterocycles. The summed E-state index contributed by atoms with van der Waals surface area (Å²) in [6.45, 7) is 3.21. The molecule has 1 nitrogen and oxygen atoms in total. The van der Waals surface area contributed by atoms with Gasteiger partial charge < -0.3 is 0 Å². The van der Waals surface area contributed by atoms with Crippen LogP contribution < -0.4 is 0 Å². The van der Waals surface area contributed by atoms with Gasteiger partial charge >= 0.3 is 0 Å². The van der Waals surface area contributed by atoms with Crippen LogP contribution in [0.4, 0.5) is 4.39 Å². The maximum Gasteiger partial charge on any atom is 0.127 e. The molecule has 0 amide bonds. The van der Waals surface area contributed by atoms with Crippen molar-refractivity contribution >= 4 is 5.71 Å². The molecule has 0 N–H and O–H groups in total. The second-order valence-electron chi connectivity index (χ2n) is 3.08. The van der Waals surface area contributed by atoms with Crippen LogP contribution in [0.1, 0.15) is 25.5 Å². The summed E-state index contributed by atoms with van der Waals surface area (Å²) in [4.78, 5) is 4.21. The van der Waals surface area contributed by atoms with Crippen LogP contribution in [-0.2, 0) is 0 Å². The van der Waals surface area contributed by atoms with Crippen molar-refractivity contribution in [2.45, 2.75) is 19.9 Å². The molecule has 0 unspecified atom stereocenters. The number of alkyl halides is 1. The Morgan fingerprint density at radius 2 is 2.00 bits per heavy atom. The fourth-order valence-electron chi connectivity index (χ4n) is 1.17. The summed E-state index contributed by atoms with van der Waals surface area (Å²) in [5.41, 5.74) is 1.67. The molecule has 1 atom stereocenters. The molecule has 0 aliphatic heterocycles. The molecule has 0 bridgehead atoms. The smallest absolute Gasteiger partial charge is 0.127 e. The highest BCUT2D eigenvalue weighted by Crippen LogP contribution is 2.15. The fourth-order valence-corrected chi connectivity index (χ4v) is 1.17. The molecule has 1 aromatic rings. The van der Waals surface area contributed by atoms with Gasteiger partial charge in [0.25, 0.3) is 0 Å². The Kier molecular flexibility index (Phi) is 3.62. The van der Waals surface area contributed by atoms with E-state index in [0.717, 1.165) is 5.56 Å². The van der Waals surface area contributed by atoms with Crippen molar-refractivity contribution in [3.05, 3.63) is 35.9 Å². The highest BCUT2D eigenvalue weighted by molar-refractivity contribution is 5.83. The van der Waals surface area contributed by atoms with Crippen molar-refractivity contribution in [1.29, 1.82) is 0 Å². The minimum atomic E-state index is -0.461. The highest BCUT2D eigenvalue weighted by atomic mass is 19.1. The zero-order valence-electron chi connectivity index (χ0n) is 8.00. The number of aliphatic imine (C=N–C) groups is 1. The van der Waals surface area contributed by atoms with Crippen LogP contribution in [0.15, 0.2) is 35.3 Å². The minimum absolute atomic E-state index is 0.0527. The number of hydrogen-bond donors (Lipinski definition) is 0. The lowest BCUT2D eigenvalue weighted by molar-refractivity contribution is 0.576. The summed E-state index contributed by atoms with van der Waals surface area (Å²) in [7, 11) is 0. The number of benzene rings is 1. The number of halogens is 1. The summed E-state index contributed by atoms with van der Waals surface area (Å²) in [6, 6.07) is 9.94. The topological polar surface area (TPSA) is 12.4 Å². The van der Waals surface area contributed by atoms with Crippen LogP contribution in [-0.4, -0.2) is 12.4 Å². The molecule has 0 radical (unpaired) electrons. The van der Waals surface area contributed by atoms with Crippen molar-refractivity contribution in [3.63, 3.8) is 0 Å². The van der Waals surface area contributed by atoms with Gasteiger partial charge in [-0.25, -0.2) is 4.39 Å². The van der Waals surface area contributed by atoms with Crippen LogP contribution in [0, 0.1) is 0 Å². The van der Waals surface area contributed by atoms with Crippen LogP contribution in [0.5, 0.6) is 0 Å². The van der Waals surface area contributed by atoms with E-state index in [1.165, 1.54) is 0 Å². The van der Waals surface area contributed by atoms with E-state index in [1.807, 2.05) is 37.3 Å². The van der Waals surface area contributed by atoms with Gasteiger partial charge in [0.15, 0.2) is 0 Å². The quantitative estimate of drug-likeness (QED) is 0.632. The molecule has 0 spiro atoms. The molecular formula is C11H14FN. The number of rotatable bonds is 3. The average molecular weight is 179 g/mol. The molecule has 0 saturated carbocycles. The standard InChI is InChI=1S/C11H14FN/c1-9(8-12)13-10(2)11-6-4-3-5-7-11/h3-7,10H,8H2,1-2H3/b13-9-/t10-/m0/s1. The summed E-state index contributed by atoms with van der Waals surface area (Å²) in [5, 5.41) is 0. The van der Waals surface area contributed by atoms with Gasteiger partial charge in [0, 0.05) is 5.71 Å². The lowest BCUT2D eigenvalue weighted by Gasteiger charge is -2.06. The first kappa shape index (κ1) is 9.90. The molecular weight excluding hydrogens is 165 g/mol. The van der Waals surface area contributed by atoms with Gasteiger partial charge in [-0.15, -0.1) is 0 Å². The summed E-state index contributed by atoms with van der Waals surface area (Å²) < 4.78 is 12.1. The van der Waals surface area contributed by atoms with E-state index in [9.17, 15) is 4.39 Å². The first-order valence-electron chi connectivity index (χ1n) is 4.38. The molecule has 0 heterocycles. The van der Waals surface area contributed by atoms with Gasteiger partial charge in [0.1, 0.15) is 6.67 Å². The van der Waals surface area contributed by atoms with Gasteiger partial charge in [-0.05, 0) is 19.4 Å². The Labute approximate surface area is 78.3 Å². The maximum atomic E-state index is 12.1. The lowest BCUT2D eigenvalue weighted by atomic mass is 10.1. The van der Waals surface area contributed by atoms with Crippen LogP contribution >= 0.6 is 0 Å². The van der Waals surface area contributed by atoms with Crippen molar-refractivity contribution in [3.8, 4) is 0 Å². The Morgan fingerprint density at radius 1 is 1.38 bits per heavy atom. The first-order chi connectivity index (χ1) is 6.24. The third-order valence-electron chi connectivity index (χ3n) is 1.89. The van der Waals surface area contributed by atoms with E-state index in [-0.39, 0.29) is 6.04 Å². The molecule has 13 heavy (non-hydrogen) atoms. The van der Waals surface area contributed by atoms with Crippen LogP contribution in [0.25, 0.3) is 0 Å². The SMILES string of the molecule is C/C(CF)=N/[C@@H](C)c1ccccc1. The minimum Gasteiger partial charge on any atom is -0.284 e. The first-order valence-corrected chi connectivity index (χ1v) is 4.38. The molecule has 2 heteroatoms. The van der Waals surface area contributed by atoms with E-state index < -0.39 is 6.67 Å². The van der Waals surface area contributed by atoms with E-state index >= 15 is 0 Å². The lowest BCUT2D eigenvalue weighted by Crippen LogP contribution is -1.98. The van der Waals surface area contributed by atoms with Gasteiger partial charge in [-0.2, -0.15) is 0 Å². The summed E-state index contributed by atoms with van der Waals surface area (Å²) in [6.07, 6.45) is 0. The molecule has 1 rings (SSSR count). The largest absolute Gasteiger partial charge is 0.284 e. The van der Waals surface area contributed by atoms with E-state index in [0.29, 0.717) is 5.71 Å². The van der Waals surface area contributed by atoms with Crippen LogP contribution in [0.3, 0.4) is 0 Å². The van der Waals surface area contributed by atoms with Gasteiger partial charge in [-0.3, -0.25) is 4.99 Å². The molecule has 0 aliphatic rings. The van der Waals surface area contributed by atoms with Gasteiger partial charge in [0.05, 0.1) is 6.04 Å². The zero-order valence-corrected chi connectivity index (χ0v) is 8.00. The van der Waals surface area contributed by atoms with E-state index in [1.54, 1.807) is 6.92 Å². The average Bonchev–Trinajstić information content (AvgIpc) is 2.19. The Balaban J connectivity index is 2.75. The predicted octanol–water partition coefficient (Wildman–Crippen LogP) is 3.18. The van der Waals surface area contributed by atoms with Gasteiger partial charge in [0.2, 0.25) is 0 Å². The van der Waals surface area contributed by atoms with Crippen molar-refractivity contribution in [1.82, 2.24) is 0 Å². The number of hydrogen-bond acceptors (Lipinski definition) is 1. The van der Waals surface area contributed by atoms with Crippen LogP contribution in [0.2, 0.25) is 0 Å². The predicted molar refractivity (Wildman–Crippen MR) is 53.9 cm³/mol. The molecule has 0 aliphatic carbocycles. The third-order valence-corrected chi connectivity index (χ3v) is 1.89. The second kappa shape index (κ2) is 4.75. The van der Waals surface area contributed by atoms with E-state index in [4.69, 9.17) is 0 Å². The second-order valence-corrected chi connectivity index (χ2v) is 3.08. The summed E-state index contributed by atoms with van der Waals surface area (Å²) in [5.74, 6) is 0. The molecule has 70 valence electrons. The summed E-state index contributed by atoms with van der Waals surface area (Å²) >= 11 is 0. The normalized spacial score (nSPS) is 14.2. The van der Waals surface area contributed by atoms with Crippen molar-refractivity contribution < 1.29 is 4.39 Å². The van der Waals surface area contributed by atoms with Crippen molar-refractivity contribution in [2.24, 2.45) is 4.99 Å². The third kappa shape index (κ3) is 2.98.